The summed E-state index contributed by atoms with van der Waals surface area (Å²) in [5, 5.41) is 5.08. The van der Waals surface area contributed by atoms with Crippen LogP contribution in [0.1, 0.15) is 25.6 Å². The molecule has 0 radical (unpaired) electrons. The lowest BCUT2D eigenvalue weighted by atomic mass is 10.1. The van der Waals surface area contributed by atoms with Crippen molar-refractivity contribution in [3.8, 4) is 0 Å². The summed E-state index contributed by atoms with van der Waals surface area (Å²) in [7, 11) is 0. The van der Waals surface area contributed by atoms with Gasteiger partial charge in [-0.15, -0.1) is 11.3 Å². The molecule has 1 amide bonds. The van der Waals surface area contributed by atoms with E-state index in [-0.39, 0.29) is 17.3 Å². The molecule has 0 fully saturated rings. The van der Waals surface area contributed by atoms with Gasteiger partial charge >= 0.3 is 5.97 Å². The van der Waals surface area contributed by atoms with Gasteiger partial charge in [-0.2, -0.15) is 0 Å². The van der Waals surface area contributed by atoms with E-state index >= 15 is 0 Å². The normalized spacial score (nSPS) is 10.7. The second-order valence-corrected chi connectivity index (χ2v) is 7.31. The summed E-state index contributed by atoms with van der Waals surface area (Å²) in [6.45, 7) is -0.416. The summed E-state index contributed by atoms with van der Waals surface area (Å²) in [5.74, 6) is -1.43. The maximum atomic E-state index is 12.4. The van der Waals surface area contributed by atoms with Crippen molar-refractivity contribution in [1.82, 2.24) is 0 Å². The fourth-order valence-electron chi connectivity index (χ4n) is 2.42. The molecule has 146 valence electrons. The lowest BCUT2D eigenvalue weighted by Crippen LogP contribution is -2.17. The van der Waals surface area contributed by atoms with Crippen molar-refractivity contribution < 1.29 is 19.1 Å². The number of rotatable bonds is 7. The van der Waals surface area contributed by atoms with Crippen LogP contribution in [0.5, 0.6) is 0 Å². The van der Waals surface area contributed by atoms with E-state index in [1.807, 2.05) is 17.5 Å². The van der Waals surface area contributed by atoms with Gasteiger partial charge in [0.25, 0.3) is 0 Å². The maximum Gasteiger partial charge on any atom is 0.340 e. The van der Waals surface area contributed by atoms with Gasteiger partial charge in [0, 0.05) is 21.5 Å². The number of ketones is 1. The predicted molar refractivity (Wildman–Crippen MR) is 114 cm³/mol. The van der Waals surface area contributed by atoms with Crippen LogP contribution >= 0.6 is 22.9 Å². The zero-order chi connectivity index (χ0) is 20.6. The fourth-order valence-corrected chi connectivity index (χ4v) is 3.16. The average Bonchev–Trinajstić information content (AvgIpc) is 3.25. The molecule has 0 saturated carbocycles. The van der Waals surface area contributed by atoms with Crippen LogP contribution in [0.2, 0.25) is 5.02 Å². The Kier molecular flexibility index (Phi) is 6.94. The van der Waals surface area contributed by atoms with E-state index in [0.29, 0.717) is 16.3 Å². The van der Waals surface area contributed by atoms with Crippen LogP contribution in [0, 0.1) is 0 Å². The van der Waals surface area contributed by atoms with E-state index < -0.39 is 12.6 Å². The Balaban J connectivity index is 1.63. The van der Waals surface area contributed by atoms with Gasteiger partial charge in [-0.25, -0.2) is 4.79 Å². The first-order chi connectivity index (χ1) is 14.0. The highest BCUT2D eigenvalue weighted by Crippen LogP contribution is 2.17. The molecule has 1 N–H and O–H groups in total. The first kappa shape index (κ1) is 20.5. The van der Waals surface area contributed by atoms with Crippen LogP contribution < -0.4 is 5.32 Å². The molecule has 5 nitrogen and oxygen atoms in total. The number of halogens is 1. The Labute approximate surface area is 176 Å². The number of amides is 1. The number of carbonyl (C=O) groups is 3. The molecule has 7 heteroatoms. The standard InChI is InChI=1S/C22H16ClNO4S/c23-16-9-7-15(8-10-16)20(25)14-28-22(27)18-5-1-2-6-19(18)24-21(26)12-11-17-4-3-13-29-17/h1-13H,14H2,(H,24,26)/b12-11+. The smallest absolute Gasteiger partial charge is 0.340 e. The SMILES string of the molecule is O=C(/C=C/c1cccs1)Nc1ccccc1C(=O)OCC(=O)c1ccc(Cl)cc1. The van der Waals surface area contributed by atoms with E-state index in [4.69, 9.17) is 16.3 Å². The zero-order valence-electron chi connectivity index (χ0n) is 15.1. The van der Waals surface area contributed by atoms with Gasteiger partial charge < -0.3 is 10.1 Å². The summed E-state index contributed by atoms with van der Waals surface area (Å²) in [6.07, 6.45) is 3.07. The Morgan fingerprint density at radius 1 is 1.00 bits per heavy atom. The molecule has 0 aliphatic heterocycles. The number of nitrogens with one attached hydrogen (secondary N) is 1. The molecule has 1 heterocycles. The zero-order valence-corrected chi connectivity index (χ0v) is 16.7. The average molecular weight is 426 g/mol. The molecule has 3 rings (SSSR count). The highest BCUT2D eigenvalue weighted by molar-refractivity contribution is 7.10. The number of hydrogen-bond acceptors (Lipinski definition) is 5. The number of para-hydroxylation sites is 1. The fraction of sp³-hybridized carbons (Fsp3) is 0.0455. The molecule has 1 aromatic heterocycles. The van der Waals surface area contributed by atoms with Crippen LogP contribution in [0.3, 0.4) is 0 Å². The Morgan fingerprint density at radius 2 is 1.76 bits per heavy atom. The minimum Gasteiger partial charge on any atom is -0.454 e. The second-order valence-electron chi connectivity index (χ2n) is 5.89. The number of benzene rings is 2. The largest absolute Gasteiger partial charge is 0.454 e. The first-order valence-corrected chi connectivity index (χ1v) is 9.86. The van der Waals surface area contributed by atoms with Gasteiger partial charge in [0.05, 0.1) is 11.3 Å². The molecular weight excluding hydrogens is 410 g/mol. The number of carbonyl (C=O) groups excluding carboxylic acids is 3. The number of anilines is 1. The molecule has 0 unspecified atom stereocenters. The third-order valence-electron chi connectivity index (χ3n) is 3.85. The quantitative estimate of drug-likeness (QED) is 0.325. The van der Waals surface area contributed by atoms with Crippen molar-refractivity contribution >= 4 is 52.4 Å². The van der Waals surface area contributed by atoms with Crippen molar-refractivity contribution in [3.63, 3.8) is 0 Å². The Morgan fingerprint density at radius 3 is 2.48 bits per heavy atom. The van der Waals surface area contributed by atoms with E-state index in [1.54, 1.807) is 48.5 Å². The number of esters is 1. The predicted octanol–water partition coefficient (Wildman–Crippen LogP) is 5.09. The van der Waals surface area contributed by atoms with Crippen LogP contribution in [-0.4, -0.2) is 24.3 Å². The summed E-state index contributed by atoms with van der Waals surface area (Å²) in [5.41, 5.74) is 0.856. The van der Waals surface area contributed by atoms with Crippen molar-refractivity contribution in [2.45, 2.75) is 0 Å². The van der Waals surface area contributed by atoms with Gasteiger partial charge in [-0.05, 0) is 53.9 Å². The number of ether oxygens (including phenoxy) is 1. The molecule has 0 aliphatic rings. The van der Waals surface area contributed by atoms with Crippen molar-refractivity contribution in [2.75, 3.05) is 11.9 Å². The van der Waals surface area contributed by atoms with E-state index in [9.17, 15) is 14.4 Å². The minimum absolute atomic E-state index is 0.161. The van der Waals surface area contributed by atoms with Gasteiger partial charge in [0.2, 0.25) is 5.91 Å². The third-order valence-corrected chi connectivity index (χ3v) is 4.94. The van der Waals surface area contributed by atoms with Crippen LogP contribution in [0.25, 0.3) is 6.08 Å². The molecule has 0 saturated heterocycles. The number of hydrogen-bond donors (Lipinski definition) is 1. The molecular formula is C22H16ClNO4S. The third kappa shape index (κ3) is 5.88. The van der Waals surface area contributed by atoms with Crippen LogP contribution in [0.15, 0.2) is 72.1 Å². The monoisotopic (exact) mass is 425 g/mol. The van der Waals surface area contributed by atoms with Crippen molar-refractivity contribution in [2.24, 2.45) is 0 Å². The minimum atomic E-state index is -0.703. The summed E-state index contributed by atoms with van der Waals surface area (Å²) < 4.78 is 5.13. The Hall–Kier alpha value is -3.22. The molecule has 0 atom stereocenters. The number of Topliss-reactive ketones (excluding diaryl/α,β-unsaturated/α-hetero) is 1. The summed E-state index contributed by atoms with van der Waals surface area (Å²) >= 11 is 7.31. The molecule has 3 aromatic rings. The molecule has 0 spiro atoms. The topological polar surface area (TPSA) is 72.5 Å². The van der Waals surface area contributed by atoms with Crippen molar-refractivity contribution in [1.29, 1.82) is 0 Å². The van der Waals surface area contributed by atoms with Crippen molar-refractivity contribution in [3.05, 3.63) is 93.1 Å². The van der Waals surface area contributed by atoms with Gasteiger partial charge in [0.1, 0.15) is 0 Å². The van der Waals surface area contributed by atoms with Gasteiger partial charge in [0.15, 0.2) is 12.4 Å². The summed E-state index contributed by atoms with van der Waals surface area (Å²) in [6, 6.07) is 16.5. The molecule has 0 aliphatic carbocycles. The highest BCUT2D eigenvalue weighted by atomic mass is 35.5. The van der Waals surface area contributed by atoms with E-state index in [0.717, 1.165) is 4.88 Å². The summed E-state index contributed by atoms with van der Waals surface area (Å²) in [4.78, 5) is 37.7. The second kappa shape index (κ2) is 9.82. The van der Waals surface area contributed by atoms with Gasteiger partial charge in [-0.1, -0.05) is 29.8 Å². The molecule has 2 aromatic carbocycles. The van der Waals surface area contributed by atoms with E-state index in [1.165, 1.54) is 23.5 Å². The maximum absolute atomic E-state index is 12.4. The van der Waals surface area contributed by atoms with E-state index in [2.05, 4.69) is 5.32 Å². The lowest BCUT2D eigenvalue weighted by Gasteiger charge is -2.09. The Bertz CT molecular complexity index is 1040. The van der Waals surface area contributed by atoms with Gasteiger partial charge in [-0.3, -0.25) is 9.59 Å². The lowest BCUT2D eigenvalue weighted by molar-refractivity contribution is -0.111. The van der Waals surface area contributed by atoms with Crippen LogP contribution in [0.4, 0.5) is 5.69 Å². The highest BCUT2D eigenvalue weighted by Gasteiger charge is 2.16. The number of thiophene rings is 1. The van der Waals surface area contributed by atoms with Crippen LogP contribution in [-0.2, 0) is 9.53 Å². The first-order valence-electron chi connectivity index (χ1n) is 8.60. The molecule has 0 bridgehead atoms. The molecule has 29 heavy (non-hydrogen) atoms.